The first-order chi connectivity index (χ1) is 12.7. The highest BCUT2D eigenvalue weighted by molar-refractivity contribution is 7.15. The first-order valence-electron chi connectivity index (χ1n) is 8.46. The van der Waals surface area contributed by atoms with Crippen LogP contribution in [0.1, 0.15) is 38.3 Å². The van der Waals surface area contributed by atoms with E-state index in [1.807, 2.05) is 45.0 Å². The average molecular weight is 388 g/mol. The minimum absolute atomic E-state index is 0.132. The highest BCUT2D eigenvalue weighted by atomic mass is 32.1. The molecule has 0 spiro atoms. The van der Waals surface area contributed by atoms with Gasteiger partial charge < -0.3 is 10.1 Å². The van der Waals surface area contributed by atoms with Crippen LogP contribution < -0.4 is 15.4 Å². The molecule has 1 heterocycles. The monoisotopic (exact) mass is 388 g/mol. The second-order valence-electron chi connectivity index (χ2n) is 6.99. The van der Waals surface area contributed by atoms with Crippen LogP contribution in [0.4, 0.5) is 5.13 Å². The highest BCUT2D eigenvalue weighted by Crippen LogP contribution is 2.27. The van der Waals surface area contributed by atoms with Crippen LogP contribution in [0, 0.1) is 0 Å². The van der Waals surface area contributed by atoms with Crippen LogP contribution in [0.25, 0.3) is 6.08 Å². The van der Waals surface area contributed by atoms with Crippen LogP contribution in [0.3, 0.4) is 0 Å². The second kappa shape index (κ2) is 8.77. The molecule has 2 amide bonds. The van der Waals surface area contributed by atoms with E-state index in [1.165, 1.54) is 17.4 Å². The Hall–Kier alpha value is -2.74. The molecule has 1 atom stereocenters. The SMILES string of the molecule is COc1ccc(/C=C/C(=O)NC(C)C(=O)Nc2nnc(C(C)(C)C)s2)cc1. The maximum absolute atomic E-state index is 12.2. The molecular formula is C19H24N4O3S. The summed E-state index contributed by atoms with van der Waals surface area (Å²) in [4.78, 5) is 24.2. The van der Waals surface area contributed by atoms with Crippen molar-refractivity contribution in [1.82, 2.24) is 15.5 Å². The lowest BCUT2D eigenvalue weighted by atomic mass is 9.98. The maximum Gasteiger partial charge on any atom is 0.248 e. The molecular weight excluding hydrogens is 364 g/mol. The lowest BCUT2D eigenvalue weighted by Gasteiger charge is -2.12. The van der Waals surface area contributed by atoms with E-state index in [-0.39, 0.29) is 17.2 Å². The predicted molar refractivity (Wildman–Crippen MR) is 107 cm³/mol. The number of methoxy groups -OCH3 is 1. The van der Waals surface area contributed by atoms with Gasteiger partial charge in [0.1, 0.15) is 16.8 Å². The maximum atomic E-state index is 12.2. The Labute approximate surface area is 162 Å². The fraction of sp³-hybridized carbons (Fsp3) is 0.368. The summed E-state index contributed by atoms with van der Waals surface area (Å²) in [6.45, 7) is 7.69. The zero-order chi connectivity index (χ0) is 20.0. The number of nitrogens with zero attached hydrogens (tertiary/aromatic N) is 2. The number of hydrogen-bond donors (Lipinski definition) is 2. The molecule has 0 bridgehead atoms. The molecule has 0 saturated carbocycles. The molecule has 2 rings (SSSR count). The summed E-state index contributed by atoms with van der Waals surface area (Å²) < 4.78 is 5.09. The third-order valence-electron chi connectivity index (χ3n) is 3.59. The lowest BCUT2D eigenvalue weighted by Crippen LogP contribution is -2.40. The number of rotatable bonds is 6. The third kappa shape index (κ3) is 6.18. The Morgan fingerprint density at radius 3 is 2.41 bits per heavy atom. The van der Waals surface area contributed by atoms with Crippen LogP contribution in [0.15, 0.2) is 30.3 Å². The number of benzene rings is 1. The largest absolute Gasteiger partial charge is 0.497 e. The summed E-state index contributed by atoms with van der Waals surface area (Å²) in [5, 5.41) is 14.6. The number of anilines is 1. The Kier molecular flexibility index (Phi) is 6.68. The number of nitrogens with one attached hydrogen (secondary N) is 2. The number of amides is 2. The van der Waals surface area contributed by atoms with E-state index in [0.717, 1.165) is 16.3 Å². The van der Waals surface area contributed by atoms with E-state index < -0.39 is 6.04 Å². The van der Waals surface area contributed by atoms with Gasteiger partial charge in [-0.2, -0.15) is 0 Å². The molecule has 0 fully saturated rings. The average Bonchev–Trinajstić information content (AvgIpc) is 3.09. The normalized spacial score (nSPS) is 12.6. The van der Waals surface area contributed by atoms with Gasteiger partial charge in [-0.1, -0.05) is 44.2 Å². The van der Waals surface area contributed by atoms with Crippen molar-refractivity contribution < 1.29 is 14.3 Å². The Bertz CT molecular complexity index is 822. The summed E-state index contributed by atoms with van der Waals surface area (Å²) >= 11 is 1.32. The lowest BCUT2D eigenvalue weighted by molar-refractivity contribution is -0.123. The van der Waals surface area contributed by atoms with Crippen LogP contribution in [0.5, 0.6) is 5.75 Å². The topological polar surface area (TPSA) is 93.2 Å². The van der Waals surface area contributed by atoms with Crippen LogP contribution in [0.2, 0.25) is 0 Å². The first kappa shape index (κ1) is 20.6. The van der Waals surface area contributed by atoms with Gasteiger partial charge in [0.05, 0.1) is 7.11 Å². The quantitative estimate of drug-likeness (QED) is 0.742. The van der Waals surface area contributed by atoms with E-state index in [1.54, 1.807) is 20.1 Å². The van der Waals surface area contributed by atoms with Crippen molar-refractivity contribution in [1.29, 1.82) is 0 Å². The van der Waals surface area contributed by atoms with Gasteiger partial charge in [-0.25, -0.2) is 0 Å². The summed E-state index contributed by atoms with van der Waals surface area (Å²) in [7, 11) is 1.59. The van der Waals surface area contributed by atoms with Gasteiger partial charge in [-0.15, -0.1) is 10.2 Å². The molecule has 1 aromatic carbocycles. The van der Waals surface area contributed by atoms with Gasteiger partial charge in [0, 0.05) is 11.5 Å². The molecule has 0 aliphatic carbocycles. The minimum atomic E-state index is -0.708. The van der Waals surface area contributed by atoms with Crippen LogP contribution in [-0.4, -0.2) is 35.2 Å². The molecule has 8 heteroatoms. The summed E-state index contributed by atoms with van der Waals surface area (Å²) in [5.41, 5.74) is 0.721. The zero-order valence-corrected chi connectivity index (χ0v) is 16.9. The van der Waals surface area contributed by atoms with Gasteiger partial charge in [-0.05, 0) is 30.7 Å². The second-order valence-corrected chi connectivity index (χ2v) is 7.97. The Balaban J connectivity index is 1.88. The van der Waals surface area contributed by atoms with Crippen molar-refractivity contribution in [3.63, 3.8) is 0 Å². The molecule has 0 radical (unpaired) electrons. The van der Waals surface area contributed by atoms with E-state index in [9.17, 15) is 9.59 Å². The molecule has 7 nitrogen and oxygen atoms in total. The molecule has 1 aromatic heterocycles. The van der Waals surface area contributed by atoms with Gasteiger partial charge in [0.15, 0.2) is 0 Å². The number of ether oxygens (including phenoxy) is 1. The molecule has 144 valence electrons. The van der Waals surface area contributed by atoms with E-state index in [0.29, 0.717) is 5.13 Å². The van der Waals surface area contributed by atoms with Crippen LogP contribution in [-0.2, 0) is 15.0 Å². The Morgan fingerprint density at radius 1 is 1.19 bits per heavy atom. The molecule has 0 saturated heterocycles. The van der Waals surface area contributed by atoms with Crippen molar-refractivity contribution in [2.45, 2.75) is 39.2 Å². The van der Waals surface area contributed by atoms with Crippen molar-refractivity contribution in [3.8, 4) is 5.75 Å². The fourth-order valence-electron chi connectivity index (χ4n) is 2.00. The minimum Gasteiger partial charge on any atom is -0.497 e. The van der Waals surface area contributed by atoms with Gasteiger partial charge >= 0.3 is 0 Å². The molecule has 0 aliphatic rings. The van der Waals surface area contributed by atoms with Crippen molar-refractivity contribution in [2.24, 2.45) is 0 Å². The zero-order valence-electron chi connectivity index (χ0n) is 16.1. The van der Waals surface area contributed by atoms with E-state index >= 15 is 0 Å². The molecule has 1 unspecified atom stereocenters. The van der Waals surface area contributed by atoms with E-state index in [2.05, 4.69) is 20.8 Å². The number of carbonyl (C=O) groups is 2. The Morgan fingerprint density at radius 2 is 1.85 bits per heavy atom. The molecule has 2 aromatic rings. The predicted octanol–water partition coefficient (Wildman–Crippen LogP) is 3.00. The van der Waals surface area contributed by atoms with Crippen molar-refractivity contribution in [3.05, 3.63) is 40.9 Å². The van der Waals surface area contributed by atoms with Gasteiger partial charge in [0.2, 0.25) is 16.9 Å². The first-order valence-corrected chi connectivity index (χ1v) is 9.28. The fourth-order valence-corrected chi connectivity index (χ4v) is 2.81. The highest BCUT2D eigenvalue weighted by Gasteiger charge is 2.21. The molecule has 2 N–H and O–H groups in total. The standard InChI is InChI=1S/C19H24N4O3S/c1-12(16(25)21-18-23-22-17(27-18)19(2,3)4)20-15(24)11-8-13-6-9-14(26-5)10-7-13/h6-12H,1-5H3,(H,20,24)(H,21,23,25)/b11-8+. The van der Waals surface area contributed by atoms with Crippen LogP contribution >= 0.6 is 11.3 Å². The van der Waals surface area contributed by atoms with E-state index in [4.69, 9.17) is 4.74 Å². The number of hydrogen-bond acceptors (Lipinski definition) is 6. The smallest absolute Gasteiger partial charge is 0.248 e. The summed E-state index contributed by atoms with van der Waals surface area (Å²) in [6, 6.07) is 6.57. The number of carbonyl (C=O) groups excluding carboxylic acids is 2. The van der Waals surface area contributed by atoms with Gasteiger partial charge in [-0.3, -0.25) is 14.9 Å². The number of aromatic nitrogens is 2. The van der Waals surface area contributed by atoms with Crippen molar-refractivity contribution >= 4 is 34.4 Å². The summed E-state index contributed by atoms with van der Waals surface area (Å²) in [6.07, 6.45) is 3.05. The van der Waals surface area contributed by atoms with Crippen molar-refractivity contribution in [2.75, 3.05) is 12.4 Å². The van der Waals surface area contributed by atoms with Gasteiger partial charge in [0.25, 0.3) is 0 Å². The summed E-state index contributed by atoms with van der Waals surface area (Å²) in [5.74, 6) is 0.0344. The molecule has 27 heavy (non-hydrogen) atoms. The molecule has 0 aliphatic heterocycles. The third-order valence-corrected chi connectivity index (χ3v) is 4.86.